The first-order chi connectivity index (χ1) is 11.1. The molecule has 134 valence electrons. The van der Waals surface area contributed by atoms with Gasteiger partial charge in [-0.05, 0) is 44.2 Å². The first kappa shape index (κ1) is 19.5. The van der Waals surface area contributed by atoms with Gasteiger partial charge in [0.25, 0.3) is 0 Å². The summed E-state index contributed by atoms with van der Waals surface area (Å²) >= 11 is 0. The molecule has 1 aromatic carbocycles. The number of ether oxygens (including phenoxy) is 1. The highest BCUT2D eigenvalue weighted by molar-refractivity contribution is 14.0. The third-order valence-electron chi connectivity index (χ3n) is 5.31. The quantitative estimate of drug-likeness (QED) is 0.443. The number of aliphatic imine (C=N–C) groups is 1. The number of guanidine groups is 1. The molecular weight excluding hydrogens is 413 g/mol. The van der Waals surface area contributed by atoms with Crippen molar-refractivity contribution in [1.29, 1.82) is 0 Å². The normalized spacial score (nSPS) is 23.6. The molecule has 0 bridgehead atoms. The second-order valence-corrected chi connectivity index (χ2v) is 7.13. The monoisotopic (exact) mass is 443 g/mol. The van der Waals surface area contributed by atoms with Gasteiger partial charge in [-0.2, -0.15) is 0 Å². The molecule has 0 aromatic heterocycles. The standard InChI is InChI=1S/C19H29N3O.HI/c1-15-4-5-17(16(2)12-15)6-9-21-18(20-3)22-10-7-19(13-22)8-11-23-14-19;/h4-5,12H,6-11,13-14H2,1-3H3,(H,20,21);1H. The van der Waals surface area contributed by atoms with Gasteiger partial charge in [-0.1, -0.05) is 23.8 Å². The Kier molecular flexibility index (Phi) is 6.92. The minimum Gasteiger partial charge on any atom is -0.381 e. The first-order valence-electron chi connectivity index (χ1n) is 8.71. The maximum atomic E-state index is 5.62. The number of hydrogen-bond acceptors (Lipinski definition) is 2. The highest BCUT2D eigenvalue weighted by atomic mass is 127. The predicted molar refractivity (Wildman–Crippen MR) is 110 cm³/mol. The molecule has 4 nitrogen and oxygen atoms in total. The van der Waals surface area contributed by atoms with Crippen molar-refractivity contribution in [3.8, 4) is 0 Å². The zero-order valence-electron chi connectivity index (χ0n) is 15.1. The van der Waals surface area contributed by atoms with E-state index in [1.54, 1.807) is 0 Å². The summed E-state index contributed by atoms with van der Waals surface area (Å²) in [4.78, 5) is 6.88. The van der Waals surface area contributed by atoms with E-state index in [0.29, 0.717) is 5.41 Å². The van der Waals surface area contributed by atoms with Crippen molar-refractivity contribution in [2.75, 3.05) is 39.9 Å². The van der Waals surface area contributed by atoms with Crippen LogP contribution in [0.5, 0.6) is 0 Å². The maximum absolute atomic E-state index is 5.62. The van der Waals surface area contributed by atoms with Crippen molar-refractivity contribution in [2.45, 2.75) is 33.1 Å². The van der Waals surface area contributed by atoms with E-state index < -0.39 is 0 Å². The fourth-order valence-electron chi connectivity index (χ4n) is 3.85. The highest BCUT2D eigenvalue weighted by Crippen LogP contribution is 2.38. The molecule has 0 radical (unpaired) electrons. The van der Waals surface area contributed by atoms with Crippen molar-refractivity contribution < 1.29 is 4.74 Å². The summed E-state index contributed by atoms with van der Waals surface area (Å²) in [6.45, 7) is 9.28. The molecule has 0 amide bonds. The lowest BCUT2D eigenvalue weighted by molar-refractivity contribution is 0.156. The number of halogens is 1. The van der Waals surface area contributed by atoms with Crippen LogP contribution in [0.25, 0.3) is 0 Å². The van der Waals surface area contributed by atoms with E-state index >= 15 is 0 Å². The summed E-state index contributed by atoms with van der Waals surface area (Å²) in [6, 6.07) is 6.70. The Morgan fingerprint density at radius 3 is 2.83 bits per heavy atom. The van der Waals surface area contributed by atoms with E-state index in [2.05, 4.69) is 47.3 Å². The Hall–Kier alpha value is -0.820. The Bertz CT molecular complexity index is 582. The Morgan fingerprint density at radius 1 is 1.33 bits per heavy atom. The fourth-order valence-corrected chi connectivity index (χ4v) is 3.85. The number of benzene rings is 1. The molecule has 5 heteroatoms. The van der Waals surface area contributed by atoms with Crippen LogP contribution in [0.2, 0.25) is 0 Å². The van der Waals surface area contributed by atoms with Crippen molar-refractivity contribution in [3.63, 3.8) is 0 Å². The molecule has 24 heavy (non-hydrogen) atoms. The third-order valence-corrected chi connectivity index (χ3v) is 5.31. The minimum absolute atomic E-state index is 0. The van der Waals surface area contributed by atoms with Crippen LogP contribution in [0.4, 0.5) is 0 Å². The molecule has 2 fully saturated rings. The number of hydrogen-bond donors (Lipinski definition) is 1. The van der Waals surface area contributed by atoms with Gasteiger partial charge in [-0.25, -0.2) is 0 Å². The summed E-state index contributed by atoms with van der Waals surface area (Å²) in [7, 11) is 1.88. The number of rotatable bonds is 3. The number of nitrogens with zero attached hydrogens (tertiary/aromatic N) is 2. The van der Waals surface area contributed by atoms with Gasteiger partial charge in [0, 0.05) is 38.7 Å². The largest absolute Gasteiger partial charge is 0.381 e. The molecule has 1 spiro atoms. The van der Waals surface area contributed by atoms with Crippen molar-refractivity contribution >= 4 is 29.9 Å². The van der Waals surface area contributed by atoms with Gasteiger partial charge in [-0.3, -0.25) is 4.99 Å². The summed E-state index contributed by atoms with van der Waals surface area (Å²) in [5.74, 6) is 1.04. The summed E-state index contributed by atoms with van der Waals surface area (Å²) < 4.78 is 5.62. The average molecular weight is 443 g/mol. The molecule has 1 aromatic rings. The second kappa shape index (κ2) is 8.52. The number of aryl methyl sites for hydroxylation is 2. The van der Waals surface area contributed by atoms with Crippen LogP contribution >= 0.6 is 24.0 Å². The first-order valence-corrected chi connectivity index (χ1v) is 8.71. The van der Waals surface area contributed by atoms with Gasteiger partial charge >= 0.3 is 0 Å². The van der Waals surface area contributed by atoms with Crippen LogP contribution < -0.4 is 5.32 Å². The highest BCUT2D eigenvalue weighted by Gasteiger charge is 2.42. The SMILES string of the molecule is CN=C(NCCc1ccc(C)cc1C)N1CCC2(CCOC2)C1.I. The molecule has 0 aliphatic carbocycles. The van der Waals surface area contributed by atoms with E-state index in [4.69, 9.17) is 4.74 Å². The van der Waals surface area contributed by atoms with Crippen molar-refractivity contribution in [2.24, 2.45) is 10.4 Å². The van der Waals surface area contributed by atoms with Crippen molar-refractivity contribution in [1.82, 2.24) is 10.2 Å². The molecule has 1 unspecified atom stereocenters. The van der Waals surface area contributed by atoms with Crippen LogP contribution in [0.3, 0.4) is 0 Å². The third kappa shape index (κ3) is 4.42. The maximum Gasteiger partial charge on any atom is 0.193 e. The average Bonchev–Trinajstić information content (AvgIpc) is 3.16. The van der Waals surface area contributed by atoms with Gasteiger partial charge in [0.15, 0.2) is 5.96 Å². The van der Waals surface area contributed by atoms with E-state index in [0.717, 1.165) is 45.2 Å². The summed E-state index contributed by atoms with van der Waals surface area (Å²) in [5, 5.41) is 3.54. The molecule has 3 rings (SSSR count). The summed E-state index contributed by atoms with van der Waals surface area (Å²) in [6.07, 6.45) is 3.46. The minimum atomic E-state index is 0. The topological polar surface area (TPSA) is 36.9 Å². The van der Waals surface area contributed by atoms with E-state index in [1.165, 1.54) is 29.5 Å². The van der Waals surface area contributed by atoms with E-state index in [1.807, 2.05) is 7.05 Å². The zero-order chi connectivity index (χ0) is 16.3. The van der Waals surface area contributed by atoms with Crippen LogP contribution in [-0.2, 0) is 11.2 Å². The molecule has 2 aliphatic rings. The molecule has 1 N–H and O–H groups in total. The van der Waals surface area contributed by atoms with Gasteiger partial charge in [0.2, 0.25) is 0 Å². The van der Waals surface area contributed by atoms with Crippen LogP contribution in [0.15, 0.2) is 23.2 Å². The fraction of sp³-hybridized carbons (Fsp3) is 0.632. The van der Waals surface area contributed by atoms with Crippen LogP contribution in [-0.4, -0.2) is 50.8 Å². The number of nitrogens with one attached hydrogen (secondary N) is 1. The smallest absolute Gasteiger partial charge is 0.193 e. The van der Waals surface area contributed by atoms with E-state index in [9.17, 15) is 0 Å². The molecule has 0 saturated carbocycles. The lowest BCUT2D eigenvalue weighted by Crippen LogP contribution is -2.42. The van der Waals surface area contributed by atoms with Gasteiger partial charge in [-0.15, -0.1) is 24.0 Å². The molecule has 2 aliphatic heterocycles. The Balaban J connectivity index is 0.00000208. The predicted octanol–water partition coefficient (Wildman–Crippen LogP) is 3.15. The molecule has 2 saturated heterocycles. The Morgan fingerprint density at radius 2 is 2.17 bits per heavy atom. The molecule has 2 heterocycles. The van der Waals surface area contributed by atoms with Crippen molar-refractivity contribution in [3.05, 3.63) is 34.9 Å². The second-order valence-electron chi connectivity index (χ2n) is 7.13. The van der Waals surface area contributed by atoms with Crippen LogP contribution in [0, 0.1) is 19.3 Å². The van der Waals surface area contributed by atoms with Crippen LogP contribution in [0.1, 0.15) is 29.5 Å². The Labute approximate surface area is 163 Å². The summed E-state index contributed by atoms with van der Waals surface area (Å²) in [5.41, 5.74) is 4.51. The zero-order valence-corrected chi connectivity index (χ0v) is 17.4. The number of likely N-dealkylation sites (tertiary alicyclic amines) is 1. The molecular formula is C19H30IN3O. The lowest BCUT2D eigenvalue weighted by atomic mass is 9.87. The van der Waals surface area contributed by atoms with Gasteiger partial charge in [0.1, 0.15) is 0 Å². The van der Waals surface area contributed by atoms with Gasteiger partial charge < -0.3 is 15.0 Å². The lowest BCUT2D eigenvalue weighted by Gasteiger charge is -2.25. The van der Waals surface area contributed by atoms with E-state index in [-0.39, 0.29) is 24.0 Å². The molecule has 1 atom stereocenters. The van der Waals surface area contributed by atoms with Gasteiger partial charge in [0.05, 0.1) is 6.61 Å².